The first kappa shape index (κ1) is 13.7. The van der Waals surface area contributed by atoms with Crippen molar-refractivity contribution in [2.45, 2.75) is 18.5 Å². The van der Waals surface area contributed by atoms with Gasteiger partial charge in [-0.25, -0.2) is 0 Å². The predicted octanol–water partition coefficient (Wildman–Crippen LogP) is 4.34. The fraction of sp³-hybridized carbons (Fsp3) is 0.429. The summed E-state index contributed by atoms with van der Waals surface area (Å²) >= 11 is 0. The second-order valence-electron chi connectivity index (χ2n) is 2.85. The summed E-state index contributed by atoms with van der Waals surface area (Å²) in [6.07, 6.45) is -16.7. The van der Waals surface area contributed by atoms with Gasteiger partial charge in [0.25, 0.3) is 0 Å². The first-order valence-corrected chi connectivity index (χ1v) is 3.69. The second-order valence-corrected chi connectivity index (χ2v) is 2.85. The third-order valence-corrected chi connectivity index (χ3v) is 1.57. The second kappa shape index (κ2) is 3.57. The molecule has 0 unspecified atom stereocenters. The zero-order valence-corrected chi connectivity index (χ0v) is 7.39. The van der Waals surface area contributed by atoms with Crippen LogP contribution in [0.1, 0.15) is 17.1 Å². The number of rotatable bonds is 0. The van der Waals surface area contributed by atoms with Gasteiger partial charge in [0, 0.05) is 6.07 Å². The Labute approximate surface area is 86.8 Å². The van der Waals surface area contributed by atoms with Crippen molar-refractivity contribution in [1.29, 1.82) is 0 Å². The first-order valence-electron chi connectivity index (χ1n) is 3.69. The van der Waals surface area contributed by atoms with Crippen LogP contribution in [0, 0.1) is 0 Å². The van der Waals surface area contributed by atoms with Crippen LogP contribution in [-0.2, 0) is 18.5 Å². The van der Waals surface area contributed by atoms with Crippen molar-refractivity contribution >= 4 is 0 Å². The lowest BCUT2D eigenvalue weighted by molar-refractivity contribution is -0.179. The third-order valence-electron chi connectivity index (χ3n) is 1.57. The molecule has 10 heteroatoms. The van der Waals surface area contributed by atoms with Crippen LogP contribution in [0.5, 0.6) is 0 Å². The summed E-state index contributed by atoms with van der Waals surface area (Å²) in [5.41, 5.74) is -2.50. The van der Waals surface area contributed by atoms with Crippen LogP contribution in [0.25, 0.3) is 0 Å². The summed E-state index contributed by atoms with van der Waals surface area (Å²) in [5.74, 6) is -5.06. The molecule has 0 radical (unpaired) electrons. The molecular formula is C7HF9O. The first-order chi connectivity index (χ1) is 7.33. The zero-order chi connectivity index (χ0) is 13.6. The van der Waals surface area contributed by atoms with E-state index in [-0.39, 0.29) is 0 Å². The van der Waals surface area contributed by atoms with Crippen molar-refractivity contribution in [2.75, 3.05) is 0 Å². The predicted molar refractivity (Wildman–Crippen MR) is 33.7 cm³/mol. The molecule has 98 valence electrons. The Balaban J connectivity index is 3.44. The van der Waals surface area contributed by atoms with Gasteiger partial charge < -0.3 is 4.42 Å². The van der Waals surface area contributed by atoms with Gasteiger partial charge in [-0.15, -0.1) is 0 Å². The van der Waals surface area contributed by atoms with Crippen LogP contribution in [0.15, 0.2) is 10.5 Å². The van der Waals surface area contributed by atoms with Gasteiger partial charge in [0.1, 0.15) is 5.56 Å². The highest BCUT2D eigenvalue weighted by atomic mass is 19.4. The highest BCUT2D eigenvalue weighted by Crippen LogP contribution is 2.45. The number of hydrogen-bond acceptors (Lipinski definition) is 1. The van der Waals surface area contributed by atoms with Crippen LogP contribution >= 0.6 is 0 Å². The van der Waals surface area contributed by atoms with E-state index in [9.17, 15) is 39.5 Å². The van der Waals surface area contributed by atoms with Gasteiger partial charge in [-0.1, -0.05) is 0 Å². The molecule has 0 fully saturated rings. The summed E-state index contributed by atoms with van der Waals surface area (Å²) in [6.45, 7) is 0. The molecule has 17 heavy (non-hydrogen) atoms. The molecule has 1 aromatic rings. The van der Waals surface area contributed by atoms with Crippen LogP contribution in [0.3, 0.4) is 0 Å². The minimum absolute atomic E-state index is 0.719. The molecule has 0 aliphatic heterocycles. The minimum Gasteiger partial charge on any atom is -0.446 e. The number of alkyl halides is 9. The van der Waals surface area contributed by atoms with E-state index in [4.69, 9.17) is 0 Å². The molecule has 0 saturated carbocycles. The van der Waals surface area contributed by atoms with Gasteiger partial charge in [-0.3, -0.25) is 0 Å². The minimum atomic E-state index is -5.66. The Bertz CT molecular complexity index is 373. The van der Waals surface area contributed by atoms with Crippen molar-refractivity contribution in [3.8, 4) is 0 Å². The van der Waals surface area contributed by atoms with Gasteiger partial charge in [-0.2, -0.15) is 39.5 Å². The zero-order valence-electron chi connectivity index (χ0n) is 7.39. The van der Waals surface area contributed by atoms with E-state index in [2.05, 4.69) is 4.42 Å². The average molecular weight is 272 g/mol. The van der Waals surface area contributed by atoms with Gasteiger partial charge in [-0.05, 0) is 0 Å². The van der Waals surface area contributed by atoms with Crippen LogP contribution in [0.4, 0.5) is 39.5 Å². The van der Waals surface area contributed by atoms with Crippen LogP contribution in [0.2, 0.25) is 0 Å². The van der Waals surface area contributed by atoms with Crippen molar-refractivity contribution in [1.82, 2.24) is 0 Å². The fourth-order valence-corrected chi connectivity index (χ4v) is 0.952. The van der Waals surface area contributed by atoms with E-state index < -0.39 is 41.7 Å². The van der Waals surface area contributed by atoms with Crippen molar-refractivity contribution < 1.29 is 43.9 Å². The molecule has 0 atom stereocenters. The molecule has 1 nitrogen and oxygen atoms in total. The Hall–Kier alpha value is -1.35. The smallest absolute Gasteiger partial charge is 0.446 e. The molecule has 0 saturated heterocycles. The summed E-state index contributed by atoms with van der Waals surface area (Å²) < 4.78 is 111. The molecule has 1 rings (SSSR count). The summed E-state index contributed by atoms with van der Waals surface area (Å²) in [4.78, 5) is 0. The molecular weight excluding hydrogens is 271 g/mol. The number of halogens is 9. The molecule has 1 aromatic heterocycles. The summed E-state index contributed by atoms with van der Waals surface area (Å²) in [5, 5.41) is 0. The Morgan fingerprint density at radius 1 is 0.706 bits per heavy atom. The maximum atomic E-state index is 12.1. The van der Waals surface area contributed by atoms with E-state index in [1.165, 1.54) is 0 Å². The largest absolute Gasteiger partial charge is 0.450 e. The van der Waals surface area contributed by atoms with E-state index in [0.29, 0.717) is 0 Å². The van der Waals surface area contributed by atoms with Crippen LogP contribution in [-0.4, -0.2) is 0 Å². The average Bonchev–Trinajstić information content (AvgIpc) is 2.42. The van der Waals surface area contributed by atoms with Crippen molar-refractivity contribution in [2.24, 2.45) is 0 Å². The van der Waals surface area contributed by atoms with E-state index in [0.717, 1.165) is 0 Å². The van der Waals surface area contributed by atoms with Crippen molar-refractivity contribution in [3.63, 3.8) is 0 Å². The summed E-state index contributed by atoms with van der Waals surface area (Å²) in [7, 11) is 0. The van der Waals surface area contributed by atoms with Crippen LogP contribution < -0.4 is 0 Å². The lowest BCUT2D eigenvalue weighted by Gasteiger charge is -2.08. The Morgan fingerprint density at radius 2 is 1.18 bits per heavy atom. The normalized spacial score (nSPS) is 14.2. The monoisotopic (exact) mass is 272 g/mol. The quantitative estimate of drug-likeness (QED) is 0.640. The van der Waals surface area contributed by atoms with E-state index in [1.807, 2.05) is 0 Å². The van der Waals surface area contributed by atoms with Gasteiger partial charge in [0.2, 0.25) is 11.5 Å². The fourth-order valence-electron chi connectivity index (χ4n) is 0.952. The molecule has 1 heterocycles. The maximum Gasteiger partial charge on any atom is 0.450 e. The molecule has 0 bridgehead atoms. The molecule has 0 N–H and O–H groups in total. The third kappa shape index (κ3) is 2.86. The van der Waals surface area contributed by atoms with E-state index in [1.54, 1.807) is 0 Å². The number of hydrogen-bond donors (Lipinski definition) is 0. The summed E-state index contributed by atoms with van der Waals surface area (Å²) in [6, 6.07) is -0.719. The molecule has 0 amide bonds. The van der Waals surface area contributed by atoms with Crippen molar-refractivity contribution in [3.05, 3.63) is 23.2 Å². The van der Waals surface area contributed by atoms with Gasteiger partial charge in [0.05, 0.1) is 0 Å². The highest BCUT2D eigenvalue weighted by molar-refractivity contribution is 5.28. The lowest BCUT2D eigenvalue weighted by Crippen LogP contribution is -2.13. The molecule has 0 aliphatic carbocycles. The number of furan rings is 1. The SMILES string of the molecule is FC(F)(F)c1cc(C(F)(F)F)c(C(F)(F)F)o1. The van der Waals surface area contributed by atoms with Gasteiger partial charge in [0.15, 0.2) is 0 Å². The topological polar surface area (TPSA) is 13.1 Å². The highest BCUT2D eigenvalue weighted by Gasteiger charge is 2.50. The lowest BCUT2D eigenvalue weighted by atomic mass is 10.2. The Morgan fingerprint density at radius 3 is 1.41 bits per heavy atom. The standard InChI is InChI=1S/C7HF9O/c8-5(9,10)2-1-3(6(11,12)13)17-4(2)7(14,15)16/h1H. The van der Waals surface area contributed by atoms with Gasteiger partial charge >= 0.3 is 18.5 Å². The molecule has 0 aliphatic rings. The maximum absolute atomic E-state index is 12.1. The Kier molecular flexibility index (Phi) is 2.88. The molecule has 0 spiro atoms. The van der Waals surface area contributed by atoms with E-state index >= 15 is 0 Å². The molecule has 0 aromatic carbocycles.